The number of hydrogen-bond acceptors (Lipinski definition) is 5. The normalized spacial score (nSPS) is 10.5. The van der Waals surface area contributed by atoms with Crippen LogP contribution in [0.25, 0.3) is 10.9 Å². The number of carbonyl (C=O) groups excluding carboxylic acids is 1. The Morgan fingerprint density at radius 1 is 1.19 bits per heavy atom. The van der Waals surface area contributed by atoms with Crippen LogP contribution in [0.2, 0.25) is 0 Å². The summed E-state index contributed by atoms with van der Waals surface area (Å²) in [5, 5.41) is 17.2. The van der Waals surface area contributed by atoms with Crippen LogP contribution >= 0.6 is 0 Å². The lowest BCUT2D eigenvalue weighted by Gasteiger charge is -2.17. The van der Waals surface area contributed by atoms with Gasteiger partial charge in [0.15, 0.2) is 0 Å². The van der Waals surface area contributed by atoms with E-state index in [2.05, 4.69) is 16.4 Å². The Labute approximate surface area is 150 Å². The molecule has 0 N–H and O–H groups in total. The second-order valence-electron chi connectivity index (χ2n) is 5.94. The average Bonchev–Trinajstić information content (AvgIpc) is 2.68. The summed E-state index contributed by atoms with van der Waals surface area (Å²) in [5.41, 5.74) is 1.80. The summed E-state index contributed by atoms with van der Waals surface area (Å²) < 4.78 is 1.22. The van der Waals surface area contributed by atoms with E-state index in [9.17, 15) is 9.59 Å². The molecule has 1 heterocycles. The maximum Gasteiger partial charge on any atom is 0.277 e. The Hall–Kier alpha value is -3.53. The van der Waals surface area contributed by atoms with Crippen LogP contribution in [0.1, 0.15) is 17.5 Å². The molecular weight excluding hydrogens is 330 g/mol. The van der Waals surface area contributed by atoms with Gasteiger partial charge in [-0.1, -0.05) is 29.5 Å². The monoisotopic (exact) mass is 347 g/mol. The lowest BCUT2D eigenvalue weighted by molar-refractivity contribution is -0.130. The molecule has 0 atom stereocenters. The second-order valence-corrected chi connectivity index (χ2v) is 5.94. The summed E-state index contributed by atoms with van der Waals surface area (Å²) in [7, 11) is 1.70. The van der Waals surface area contributed by atoms with Crippen molar-refractivity contribution in [1.29, 1.82) is 5.26 Å². The quantitative estimate of drug-likeness (QED) is 0.701. The molecule has 130 valence electrons. The molecule has 26 heavy (non-hydrogen) atoms. The zero-order valence-corrected chi connectivity index (χ0v) is 14.3. The van der Waals surface area contributed by atoms with E-state index in [0.717, 1.165) is 5.56 Å². The number of hydrogen-bond donors (Lipinski definition) is 0. The SMILES string of the molecule is CN(Cc1ccc(C#N)cc1)C(=O)CCn1nnc2ccccc2c1=O. The van der Waals surface area contributed by atoms with Crippen molar-refractivity contribution in [2.75, 3.05) is 7.05 Å². The predicted octanol–water partition coefficient (Wildman–Crippen LogP) is 1.71. The smallest absolute Gasteiger partial charge is 0.277 e. The van der Waals surface area contributed by atoms with Crippen molar-refractivity contribution in [1.82, 2.24) is 19.9 Å². The maximum atomic E-state index is 12.4. The molecule has 0 aliphatic carbocycles. The van der Waals surface area contributed by atoms with E-state index >= 15 is 0 Å². The zero-order chi connectivity index (χ0) is 18.5. The van der Waals surface area contributed by atoms with Crippen molar-refractivity contribution < 1.29 is 4.79 Å². The number of amides is 1. The molecule has 2 aromatic carbocycles. The van der Waals surface area contributed by atoms with Crippen molar-refractivity contribution in [3.05, 3.63) is 70.0 Å². The summed E-state index contributed by atoms with van der Waals surface area (Å²) in [5.74, 6) is -0.101. The fourth-order valence-electron chi connectivity index (χ4n) is 2.61. The van der Waals surface area contributed by atoms with E-state index in [-0.39, 0.29) is 24.4 Å². The molecule has 0 spiro atoms. The van der Waals surface area contributed by atoms with Crippen LogP contribution in [0, 0.1) is 11.3 Å². The van der Waals surface area contributed by atoms with Crippen LogP contribution in [-0.4, -0.2) is 32.8 Å². The molecule has 0 radical (unpaired) electrons. The summed E-state index contributed by atoms with van der Waals surface area (Å²) >= 11 is 0. The second kappa shape index (κ2) is 7.57. The highest BCUT2D eigenvalue weighted by atomic mass is 16.2. The number of carbonyl (C=O) groups is 1. The van der Waals surface area contributed by atoms with Crippen LogP contribution < -0.4 is 5.56 Å². The molecule has 0 saturated carbocycles. The van der Waals surface area contributed by atoms with Crippen LogP contribution in [0.15, 0.2) is 53.3 Å². The van der Waals surface area contributed by atoms with Gasteiger partial charge in [0, 0.05) is 20.0 Å². The lowest BCUT2D eigenvalue weighted by Crippen LogP contribution is -2.30. The average molecular weight is 347 g/mol. The van der Waals surface area contributed by atoms with Crippen LogP contribution in [0.4, 0.5) is 0 Å². The minimum atomic E-state index is -0.252. The standard InChI is InChI=1S/C19H17N5O2/c1-23(13-15-8-6-14(12-20)7-9-15)18(25)10-11-24-19(26)16-4-2-3-5-17(16)21-22-24/h2-9H,10-11,13H2,1H3. The fourth-order valence-corrected chi connectivity index (χ4v) is 2.61. The third-order valence-electron chi connectivity index (χ3n) is 4.10. The number of rotatable bonds is 5. The maximum absolute atomic E-state index is 12.4. The molecule has 1 amide bonds. The number of benzene rings is 2. The third-order valence-corrected chi connectivity index (χ3v) is 4.10. The Bertz CT molecular complexity index is 1030. The number of aryl methyl sites for hydroxylation is 1. The van der Waals surface area contributed by atoms with E-state index in [0.29, 0.717) is 23.0 Å². The van der Waals surface area contributed by atoms with Gasteiger partial charge in [-0.15, -0.1) is 5.10 Å². The first kappa shape index (κ1) is 17.3. The highest BCUT2D eigenvalue weighted by Gasteiger charge is 2.12. The molecule has 7 heteroatoms. The highest BCUT2D eigenvalue weighted by molar-refractivity contribution is 5.77. The van der Waals surface area contributed by atoms with Crippen molar-refractivity contribution in [3.63, 3.8) is 0 Å². The van der Waals surface area contributed by atoms with Crippen LogP contribution in [0.5, 0.6) is 0 Å². The van der Waals surface area contributed by atoms with Gasteiger partial charge < -0.3 is 4.90 Å². The molecule has 0 aliphatic heterocycles. The van der Waals surface area contributed by atoms with E-state index < -0.39 is 0 Å². The van der Waals surface area contributed by atoms with Gasteiger partial charge in [-0.25, -0.2) is 4.68 Å². The van der Waals surface area contributed by atoms with Gasteiger partial charge in [-0.2, -0.15) is 5.26 Å². The predicted molar refractivity (Wildman–Crippen MR) is 96.0 cm³/mol. The molecule has 3 rings (SSSR count). The molecule has 0 bridgehead atoms. The van der Waals surface area contributed by atoms with Gasteiger partial charge in [-0.3, -0.25) is 9.59 Å². The largest absolute Gasteiger partial charge is 0.341 e. The summed E-state index contributed by atoms with van der Waals surface area (Å²) in [4.78, 5) is 26.3. The van der Waals surface area contributed by atoms with Crippen molar-refractivity contribution >= 4 is 16.8 Å². The summed E-state index contributed by atoms with van der Waals surface area (Å²) in [6, 6.07) is 16.1. The van der Waals surface area contributed by atoms with Gasteiger partial charge in [0.1, 0.15) is 5.52 Å². The number of aromatic nitrogens is 3. The Morgan fingerprint density at radius 3 is 2.65 bits per heavy atom. The molecule has 0 unspecified atom stereocenters. The minimum absolute atomic E-state index is 0.101. The fraction of sp³-hybridized carbons (Fsp3) is 0.211. The Morgan fingerprint density at radius 2 is 1.92 bits per heavy atom. The van der Waals surface area contributed by atoms with Crippen LogP contribution in [0.3, 0.4) is 0 Å². The first-order valence-electron chi connectivity index (χ1n) is 8.14. The van der Waals surface area contributed by atoms with E-state index in [1.165, 1.54) is 4.68 Å². The van der Waals surface area contributed by atoms with Gasteiger partial charge in [-0.05, 0) is 29.8 Å². The van der Waals surface area contributed by atoms with Gasteiger partial charge >= 0.3 is 0 Å². The van der Waals surface area contributed by atoms with Crippen molar-refractivity contribution in [3.8, 4) is 6.07 Å². The Kier molecular flexibility index (Phi) is 5.04. The van der Waals surface area contributed by atoms with Crippen molar-refractivity contribution in [2.45, 2.75) is 19.5 Å². The summed E-state index contributed by atoms with van der Waals surface area (Å²) in [6.07, 6.45) is 0.152. The third kappa shape index (κ3) is 3.75. The van der Waals surface area contributed by atoms with Gasteiger partial charge in [0.2, 0.25) is 5.91 Å². The molecule has 0 fully saturated rings. The topological polar surface area (TPSA) is 91.9 Å². The van der Waals surface area contributed by atoms with Gasteiger partial charge in [0.05, 0.1) is 23.6 Å². The molecule has 3 aromatic rings. The van der Waals surface area contributed by atoms with E-state index in [1.807, 2.05) is 12.1 Å². The number of nitrogens with zero attached hydrogens (tertiary/aromatic N) is 5. The molecule has 0 saturated heterocycles. The molecule has 1 aromatic heterocycles. The summed E-state index contributed by atoms with van der Waals surface area (Å²) in [6.45, 7) is 0.607. The lowest BCUT2D eigenvalue weighted by atomic mass is 10.1. The first-order chi connectivity index (χ1) is 12.6. The minimum Gasteiger partial charge on any atom is -0.341 e. The first-order valence-corrected chi connectivity index (χ1v) is 8.14. The van der Waals surface area contributed by atoms with E-state index in [1.54, 1.807) is 48.3 Å². The molecular formula is C19H17N5O2. The van der Waals surface area contributed by atoms with Crippen LogP contribution in [-0.2, 0) is 17.9 Å². The molecule has 7 nitrogen and oxygen atoms in total. The van der Waals surface area contributed by atoms with E-state index in [4.69, 9.17) is 5.26 Å². The zero-order valence-electron chi connectivity index (χ0n) is 14.3. The molecule has 0 aliphatic rings. The highest BCUT2D eigenvalue weighted by Crippen LogP contribution is 2.08. The number of fused-ring (bicyclic) bond motifs is 1. The Balaban J connectivity index is 1.63. The van der Waals surface area contributed by atoms with Crippen molar-refractivity contribution in [2.24, 2.45) is 0 Å². The van der Waals surface area contributed by atoms with Gasteiger partial charge in [0.25, 0.3) is 5.56 Å². The number of nitriles is 1.